The second-order valence-electron chi connectivity index (χ2n) is 5.27. The molecule has 0 saturated heterocycles. The molecule has 1 aliphatic carbocycles. The number of rotatable bonds is 2. The summed E-state index contributed by atoms with van der Waals surface area (Å²) in [5.74, 6) is 1.03. The van der Waals surface area contributed by atoms with E-state index in [9.17, 15) is 0 Å². The molecule has 1 saturated carbocycles. The van der Waals surface area contributed by atoms with Crippen LogP contribution in [0.4, 0.5) is 0 Å². The van der Waals surface area contributed by atoms with Gasteiger partial charge in [-0.2, -0.15) is 0 Å². The zero-order chi connectivity index (χ0) is 12.0. The summed E-state index contributed by atoms with van der Waals surface area (Å²) in [4.78, 5) is 8.84. The Hall–Kier alpha value is -1.42. The van der Waals surface area contributed by atoms with E-state index in [0.717, 1.165) is 29.7 Å². The molecule has 1 fully saturated rings. The lowest BCUT2D eigenvalue weighted by Gasteiger charge is -2.38. The topological polar surface area (TPSA) is 56.7 Å². The highest BCUT2D eigenvalue weighted by Crippen LogP contribution is 2.40. The highest BCUT2D eigenvalue weighted by atomic mass is 15.1. The summed E-state index contributed by atoms with van der Waals surface area (Å²) < 4.78 is 2.26. The van der Waals surface area contributed by atoms with Crippen molar-refractivity contribution >= 4 is 11.0 Å². The van der Waals surface area contributed by atoms with Gasteiger partial charge in [0.05, 0.1) is 17.3 Å². The van der Waals surface area contributed by atoms with E-state index in [1.54, 1.807) is 0 Å². The predicted molar refractivity (Wildman–Crippen MR) is 67.6 cm³/mol. The Morgan fingerprint density at radius 1 is 1.41 bits per heavy atom. The molecule has 1 aliphatic rings. The molecule has 2 aromatic rings. The third-order valence-corrected chi connectivity index (χ3v) is 3.70. The lowest BCUT2D eigenvalue weighted by Crippen LogP contribution is -2.45. The average Bonchev–Trinajstić information content (AvgIpc) is 2.65. The number of pyridine rings is 1. The van der Waals surface area contributed by atoms with Gasteiger partial charge in [0.25, 0.3) is 0 Å². The highest BCUT2D eigenvalue weighted by Gasteiger charge is 2.39. The van der Waals surface area contributed by atoms with Crippen LogP contribution in [-0.2, 0) is 5.54 Å². The first-order valence-corrected chi connectivity index (χ1v) is 6.23. The Bertz CT molecular complexity index is 552. The fourth-order valence-electron chi connectivity index (χ4n) is 2.61. The summed E-state index contributed by atoms with van der Waals surface area (Å²) in [6, 6.07) is 2.40. The molecule has 4 heteroatoms. The minimum atomic E-state index is -0.219. The van der Waals surface area contributed by atoms with Gasteiger partial charge in [0.1, 0.15) is 11.3 Å². The first-order chi connectivity index (χ1) is 8.12. The molecular weight excluding hydrogens is 212 g/mol. The summed E-state index contributed by atoms with van der Waals surface area (Å²) in [6.45, 7) is 4.35. The normalized spacial score (nSPS) is 18.6. The molecule has 4 nitrogen and oxygen atoms in total. The van der Waals surface area contributed by atoms with E-state index in [-0.39, 0.29) is 5.54 Å². The van der Waals surface area contributed by atoms with Gasteiger partial charge < -0.3 is 10.3 Å². The number of nitrogens with zero attached hydrogens (tertiary/aromatic N) is 3. The van der Waals surface area contributed by atoms with Crippen molar-refractivity contribution in [1.82, 2.24) is 14.5 Å². The van der Waals surface area contributed by atoms with Crippen molar-refractivity contribution in [2.75, 3.05) is 0 Å². The van der Waals surface area contributed by atoms with Crippen molar-refractivity contribution in [3.8, 4) is 0 Å². The minimum absolute atomic E-state index is 0.219. The van der Waals surface area contributed by atoms with Crippen LogP contribution < -0.4 is 5.73 Å². The van der Waals surface area contributed by atoms with Crippen LogP contribution in [0.5, 0.6) is 0 Å². The number of fused-ring (bicyclic) bond motifs is 1. The average molecular weight is 230 g/mol. The molecule has 0 aliphatic heterocycles. The van der Waals surface area contributed by atoms with E-state index >= 15 is 0 Å². The van der Waals surface area contributed by atoms with Gasteiger partial charge in [-0.25, -0.2) is 4.98 Å². The molecule has 0 bridgehead atoms. The van der Waals surface area contributed by atoms with Gasteiger partial charge in [-0.05, 0) is 39.2 Å². The van der Waals surface area contributed by atoms with Crippen LogP contribution in [0, 0.1) is 0 Å². The standard InChI is InChI=1S/C13H18N4/c1-9(2)17-11-4-7-15-8-10(11)16-12(17)13(14)5-3-6-13/h4,7-9H,3,5-6,14H2,1-2H3. The van der Waals surface area contributed by atoms with Gasteiger partial charge in [-0.1, -0.05) is 0 Å². The van der Waals surface area contributed by atoms with Gasteiger partial charge >= 0.3 is 0 Å². The summed E-state index contributed by atoms with van der Waals surface area (Å²) in [6.07, 6.45) is 6.92. The van der Waals surface area contributed by atoms with E-state index in [2.05, 4.69) is 23.4 Å². The maximum absolute atomic E-state index is 6.42. The molecule has 90 valence electrons. The van der Waals surface area contributed by atoms with Crippen molar-refractivity contribution in [1.29, 1.82) is 0 Å². The molecule has 2 heterocycles. The van der Waals surface area contributed by atoms with Crippen LogP contribution >= 0.6 is 0 Å². The zero-order valence-electron chi connectivity index (χ0n) is 10.3. The quantitative estimate of drug-likeness (QED) is 0.861. The Balaban J connectivity index is 2.26. The largest absolute Gasteiger partial charge is 0.324 e. The fourth-order valence-corrected chi connectivity index (χ4v) is 2.61. The third kappa shape index (κ3) is 1.47. The minimum Gasteiger partial charge on any atom is -0.324 e. The van der Waals surface area contributed by atoms with Gasteiger partial charge in [0.2, 0.25) is 0 Å². The molecule has 0 aromatic carbocycles. The molecule has 0 spiro atoms. The van der Waals surface area contributed by atoms with Crippen LogP contribution in [0.3, 0.4) is 0 Å². The maximum Gasteiger partial charge on any atom is 0.130 e. The van der Waals surface area contributed by atoms with E-state index in [0.29, 0.717) is 6.04 Å². The Labute approximate surface area is 101 Å². The Morgan fingerprint density at radius 2 is 2.18 bits per heavy atom. The molecular formula is C13H18N4. The number of imidazole rings is 1. The van der Waals surface area contributed by atoms with Crippen LogP contribution in [0.2, 0.25) is 0 Å². The molecule has 2 N–H and O–H groups in total. The third-order valence-electron chi connectivity index (χ3n) is 3.70. The van der Waals surface area contributed by atoms with Crippen LogP contribution in [-0.4, -0.2) is 14.5 Å². The van der Waals surface area contributed by atoms with Gasteiger partial charge in [0, 0.05) is 12.2 Å². The van der Waals surface area contributed by atoms with Gasteiger partial charge in [0.15, 0.2) is 0 Å². The molecule has 0 atom stereocenters. The molecule has 2 aromatic heterocycles. The van der Waals surface area contributed by atoms with Gasteiger partial charge in [-0.15, -0.1) is 0 Å². The lowest BCUT2D eigenvalue weighted by atomic mass is 9.77. The Kier molecular flexibility index (Phi) is 2.23. The second-order valence-corrected chi connectivity index (χ2v) is 5.27. The highest BCUT2D eigenvalue weighted by molar-refractivity contribution is 5.75. The maximum atomic E-state index is 6.42. The number of aromatic nitrogens is 3. The van der Waals surface area contributed by atoms with Crippen molar-refractivity contribution in [2.45, 2.75) is 44.7 Å². The molecule has 17 heavy (non-hydrogen) atoms. The molecule has 0 unspecified atom stereocenters. The van der Waals surface area contributed by atoms with E-state index in [4.69, 9.17) is 10.7 Å². The van der Waals surface area contributed by atoms with Crippen molar-refractivity contribution in [2.24, 2.45) is 5.73 Å². The molecule has 0 radical (unpaired) electrons. The number of nitrogens with two attached hydrogens (primary N) is 1. The van der Waals surface area contributed by atoms with Crippen molar-refractivity contribution < 1.29 is 0 Å². The van der Waals surface area contributed by atoms with Gasteiger partial charge in [-0.3, -0.25) is 4.98 Å². The SMILES string of the molecule is CC(C)n1c(C2(N)CCC2)nc2cnccc21. The molecule has 0 amide bonds. The van der Waals surface area contributed by atoms with E-state index in [1.165, 1.54) is 6.42 Å². The smallest absolute Gasteiger partial charge is 0.130 e. The van der Waals surface area contributed by atoms with Crippen LogP contribution in [0.15, 0.2) is 18.5 Å². The first-order valence-electron chi connectivity index (χ1n) is 6.23. The van der Waals surface area contributed by atoms with Crippen LogP contribution in [0.1, 0.15) is 45.0 Å². The number of hydrogen-bond acceptors (Lipinski definition) is 3. The number of hydrogen-bond donors (Lipinski definition) is 1. The summed E-state index contributed by atoms with van der Waals surface area (Å²) in [5.41, 5.74) is 8.30. The second kappa shape index (κ2) is 3.53. The zero-order valence-corrected chi connectivity index (χ0v) is 10.3. The first kappa shape index (κ1) is 10.7. The molecule has 3 rings (SSSR count). The summed E-state index contributed by atoms with van der Waals surface area (Å²) in [7, 11) is 0. The summed E-state index contributed by atoms with van der Waals surface area (Å²) in [5, 5.41) is 0. The fraction of sp³-hybridized carbons (Fsp3) is 0.538. The van der Waals surface area contributed by atoms with Crippen LogP contribution in [0.25, 0.3) is 11.0 Å². The van der Waals surface area contributed by atoms with E-state index < -0.39 is 0 Å². The lowest BCUT2D eigenvalue weighted by molar-refractivity contribution is 0.228. The van der Waals surface area contributed by atoms with E-state index in [1.807, 2.05) is 18.5 Å². The Morgan fingerprint density at radius 3 is 2.76 bits per heavy atom. The van der Waals surface area contributed by atoms with Crippen molar-refractivity contribution in [3.63, 3.8) is 0 Å². The van der Waals surface area contributed by atoms with Crippen molar-refractivity contribution in [3.05, 3.63) is 24.3 Å². The predicted octanol–water partition coefficient (Wildman–Crippen LogP) is 2.35. The monoisotopic (exact) mass is 230 g/mol. The summed E-state index contributed by atoms with van der Waals surface area (Å²) >= 11 is 0.